The van der Waals surface area contributed by atoms with Crippen LogP contribution in [0.5, 0.6) is 11.5 Å². The smallest absolute Gasteiger partial charge is 0.273 e. The molecule has 2 N–H and O–H groups in total. The summed E-state index contributed by atoms with van der Waals surface area (Å²) < 4.78 is 10.1. The zero-order chi connectivity index (χ0) is 20.0. The Morgan fingerprint density at radius 1 is 0.926 bits per heavy atom. The van der Waals surface area contributed by atoms with Crippen molar-refractivity contribution >= 4 is 28.7 Å². The Balaban J connectivity index is 2.10. The number of nitrogens with one attached hydrogen (secondary N) is 2. The molecule has 11 nitrogen and oxygen atoms in total. The van der Waals surface area contributed by atoms with Crippen LogP contribution in [0.4, 0.5) is 22.7 Å². The van der Waals surface area contributed by atoms with Crippen molar-refractivity contribution in [2.45, 2.75) is 0 Å². The van der Waals surface area contributed by atoms with E-state index in [1.165, 1.54) is 50.6 Å². The van der Waals surface area contributed by atoms with Gasteiger partial charge in [-0.2, -0.15) is 0 Å². The molecule has 1 amide bonds. The molecule has 2 aromatic carbocycles. The van der Waals surface area contributed by atoms with Gasteiger partial charge in [-0.25, -0.2) is 0 Å². The monoisotopic (exact) mass is 376 g/mol. The van der Waals surface area contributed by atoms with Crippen LogP contribution in [-0.2, 0) is 4.79 Å². The Bertz CT molecular complexity index is 885. The molecule has 0 unspecified atom stereocenters. The molecule has 0 bridgehead atoms. The number of hydrogen-bond acceptors (Lipinski definition) is 8. The van der Waals surface area contributed by atoms with Crippen molar-refractivity contribution in [2.24, 2.45) is 0 Å². The largest absolute Gasteiger partial charge is 0.495 e. The average molecular weight is 376 g/mol. The highest BCUT2D eigenvalue weighted by Gasteiger charge is 2.15. The standard InChI is InChI=1S/C16H16N4O7/c1-26-14-6-4-10(19(22)23)7-13(14)17-9-16(21)18-12-5-3-11(20(24)25)8-15(12)27-2/h3-8,17H,9H2,1-2H3,(H,18,21). The van der Waals surface area contributed by atoms with E-state index in [9.17, 15) is 25.0 Å². The minimum Gasteiger partial charge on any atom is -0.495 e. The van der Waals surface area contributed by atoms with Gasteiger partial charge in [0.15, 0.2) is 0 Å². The number of nitro benzene ring substituents is 2. The van der Waals surface area contributed by atoms with E-state index >= 15 is 0 Å². The number of anilines is 2. The van der Waals surface area contributed by atoms with E-state index in [4.69, 9.17) is 9.47 Å². The molecular formula is C16H16N4O7. The molecule has 0 fully saturated rings. The van der Waals surface area contributed by atoms with Crippen LogP contribution in [0.3, 0.4) is 0 Å². The number of nitrogens with zero attached hydrogens (tertiary/aromatic N) is 2. The van der Waals surface area contributed by atoms with Crippen molar-refractivity contribution < 1.29 is 24.1 Å². The predicted molar refractivity (Wildman–Crippen MR) is 96.4 cm³/mol. The van der Waals surface area contributed by atoms with Gasteiger partial charge in [-0.05, 0) is 12.1 Å². The Labute approximate surface area is 153 Å². The molecule has 0 aliphatic heterocycles. The molecule has 0 aromatic heterocycles. The van der Waals surface area contributed by atoms with Crippen LogP contribution in [0, 0.1) is 20.2 Å². The molecule has 142 valence electrons. The van der Waals surface area contributed by atoms with Crippen molar-refractivity contribution in [3.63, 3.8) is 0 Å². The fraction of sp³-hybridized carbons (Fsp3) is 0.188. The first-order valence-corrected chi connectivity index (χ1v) is 7.54. The molecule has 0 radical (unpaired) electrons. The number of rotatable bonds is 8. The summed E-state index contributed by atoms with van der Waals surface area (Å²) in [6.45, 7) is -0.225. The zero-order valence-corrected chi connectivity index (χ0v) is 14.4. The average Bonchev–Trinajstić information content (AvgIpc) is 2.66. The second kappa shape index (κ2) is 8.47. The van der Waals surface area contributed by atoms with E-state index in [1.807, 2.05) is 0 Å². The van der Waals surface area contributed by atoms with Crippen LogP contribution in [0.1, 0.15) is 0 Å². The van der Waals surface area contributed by atoms with Crippen molar-refractivity contribution in [1.29, 1.82) is 0 Å². The maximum Gasteiger partial charge on any atom is 0.273 e. The van der Waals surface area contributed by atoms with Crippen LogP contribution >= 0.6 is 0 Å². The van der Waals surface area contributed by atoms with Gasteiger partial charge in [-0.1, -0.05) is 0 Å². The van der Waals surface area contributed by atoms with Gasteiger partial charge in [0.1, 0.15) is 11.5 Å². The van der Waals surface area contributed by atoms with Crippen LogP contribution in [0.15, 0.2) is 36.4 Å². The maximum absolute atomic E-state index is 12.2. The summed E-state index contributed by atoms with van der Waals surface area (Å²) in [6.07, 6.45) is 0. The van der Waals surface area contributed by atoms with Crippen molar-refractivity contribution in [3.8, 4) is 11.5 Å². The molecule has 11 heteroatoms. The number of hydrogen-bond donors (Lipinski definition) is 2. The number of amides is 1. The van der Waals surface area contributed by atoms with E-state index in [2.05, 4.69) is 10.6 Å². The summed E-state index contributed by atoms with van der Waals surface area (Å²) in [5.41, 5.74) is 0.193. The summed E-state index contributed by atoms with van der Waals surface area (Å²) in [5.74, 6) is -0.0255. The summed E-state index contributed by atoms with van der Waals surface area (Å²) >= 11 is 0. The van der Waals surface area contributed by atoms with E-state index in [0.717, 1.165) is 0 Å². The van der Waals surface area contributed by atoms with Gasteiger partial charge in [-0.15, -0.1) is 0 Å². The fourth-order valence-corrected chi connectivity index (χ4v) is 2.21. The Kier molecular flexibility index (Phi) is 6.10. The molecule has 0 aliphatic carbocycles. The third-order valence-corrected chi connectivity index (χ3v) is 3.50. The molecular weight excluding hydrogens is 360 g/mol. The summed E-state index contributed by atoms with van der Waals surface area (Å²) in [5, 5.41) is 27.0. The third-order valence-electron chi connectivity index (χ3n) is 3.50. The van der Waals surface area contributed by atoms with Gasteiger partial charge in [0.2, 0.25) is 5.91 Å². The van der Waals surface area contributed by atoms with Crippen LogP contribution in [0.2, 0.25) is 0 Å². The van der Waals surface area contributed by atoms with E-state index in [-0.39, 0.29) is 35.0 Å². The highest BCUT2D eigenvalue weighted by molar-refractivity contribution is 5.95. The molecule has 0 spiro atoms. The molecule has 0 aliphatic rings. The lowest BCUT2D eigenvalue weighted by Gasteiger charge is -2.12. The number of non-ortho nitro benzene ring substituents is 2. The summed E-state index contributed by atoms with van der Waals surface area (Å²) in [7, 11) is 2.72. The number of carbonyl (C=O) groups excluding carboxylic acids is 1. The van der Waals surface area contributed by atoms with Crippen molar-refractivity contribution in [2.75, 3.05) is 31.4 Å². The summed E-state index contributed by atoms with van der Waals surface area (Å²) in [4.78, 5) is 32.7. The second-order valence-corrected chi connectivity index (χ2v) is 5.19. The molecule has 0 heterocycles. The number of nitro groups is 2. The molecule has 27 heavy (non-hydrogen) atoms. The maximum atomic E-state index is 12.2. The molecule has 0 saturated heterocycles. The molecule has 0 atom stereocenters. The normalized spacial score (nSPS) is 10.0. The van der Waals surface area contributed by atoms with Crippen molar-refractivity contribution in [3.05, 3.63) is 56.6 Å². The van der Waals surface area contributed by atoms with Crippen molar-refractivity contribution in [1.82, 2.24) is 0 Å². The predicted octanol–water partition coefficient (Wildman–Crippen LogP) is 2.57. The molecule has 2 aromatic rings. The number of ether oxygens (including phenoxy) is 2. The summed E-state index contributed by atoms with van der Waals surface area (Å²) in [6, 6.07) is 7.71. The van der Waals surface area contributed by atoms with Crippen LogP contribution < -0.4 is 20.1 Å². The lowest BCUT2D eigenvalue weighted by molar-refractivity contribution is -0.385. The lowest BCUT2D eigenvalue weighted by Crippen LogP contribution is -2.22. The van der Waals surface area contributed by atoms with Gasteiger partial charge in [0.25, 0.3) is 11.4 Å². The first kappa shape index (κ1) is 19.4. The highest BCUT2D eigenvalue weighted by Crippen LogP contribution is 2.30. The minimum atomic E-state index is -0.579. The van der Waals surface area contributed by atoms with E-state index < -0.39 is 15.8 Å². The van der Waals surface area contributed by atoms with E-state index in [1.54, 1.807) is 0 Å². The Hall–Kier alpha value is -3.89. The fourth-order valence-electron chi connectivity index (χ4n) is 2.21. The Morgan fingerprint density at radius 2 is 1.52 bits per heavy atom. The van der Waals surface area contributed by atoms with Gasteiger partial charge in [-0.3, -0.25) is 25.0 Å². The number of methoxy groups -OCH3 is 2. The van der Waals surface area contributed by atoms with Gasteiger partial charge in [0.05, 0.1) is 48.1 Å². The minimum absolute atomic E-state index is 0.130. The highest BCUT2D eigenvalue weighted by atomic mass is 16.6. The van der Waals surface area contributed by atoms with Gasteiger partial charge < -0.3 is 20.1 Å². The first-order valence-electron chi connectivity index (χ1n) is 7.54. The van der Waals surface area contributed by atoms with Crippen LogP contribution in [0.25, 0.3) is 0 Å². The van der Waals surface area contributed by atoms with Gasteiger partial charge >= 0.3 is 0 Å². The Morgan fingerprint density at radius 3 is 2.11 bits per heavy atom. The van der Waals surface area contributed by atoms with Crippen LogP contribution in [-0.4, -0.2) is 36.5 Å². The lowest BCUT2D eigenvalue weighted by atomic mass is 10.2. The SMILES string of the molecule is COc1ccc([N+](=O)[O-])cc1NCC(=O)Nc1ccc([N+](=O)[O-])cc1OC. The number of benzene rings is 2. The zero-order valence-electron chi connectivity index (χ0n) is 14.4. The van der Waals surface area contributed by atoms with Gasteiger partial charge in [0, 0.05) is 18.2 Å². The molecule has 0 saturated carbocycles. The second-order valence-electron chi connectivity index (χ2n) is 5.19. The number of carbonyl (C=O) groups is 1. The first-order chi connectivity index (χ1) is 12.8. The van der Waals surface area contributed by atoms with E-state index in [0.29, 0.717) is 5.75 Å². The molecule has 2 rings (SSSR count). The third kappa shape index (κ3) is 4.81. The topological polar surface area (TPSA) is 146 Å². The quantitative estimate of drug-likeness (QED) is 0.528.